The van der Waals surface area contributed by atoms with Crippen molar-refractivity contribution in [2.45, 2.75) is 6.42 Å². The summed E-state index contributed by atoms with van der Waals surface area (Å²) in [6.45, 7) is 0.318. The Morgan fingerprint density at radius 1 is 1.80 bits per heavy atom. The van der Waals surface area contributed by atoms with Crippen LogP contribution in [-0.4, -0.2) is 28.2 Å². The van der Waals surface area contributed by atoms with E-state index in [0.717, 1.165) is 0 Å². The van der Waals surface area contributed by atoms with Gasteiger partial charge in [-0.05, 0) is 9.39 Å². The quantitative estimate of drug-likeness (QED) is 0.537. The monoisotopic (exact) mass is 161 g/mol. The summed E-state index contributed by atoms with van der Waals surface area (Å²) in [7, 11) is 2.20. The van der Waals surface area contributed by atoms with Gasteiger partial charge in [-0.2, -0.15) is 0 Å². The largest absolute Gasteiger partial charge is 0.481 e. The van der Waals surface area contributed by atoms with Crippen molar-refractivity contribution in [3.63, 3.8) is 0 Å². The molecule has 0 saturated carbocycles. The van der Waals surface area contributed by atoms with Crippen molar-refractivity contribution < 1.29 is 14.7 Å². The molecule has 1 N–H and O–H groups in total. The van der Waals surface area contributed by atoms with Gasteiger partial charge in [-0.25, -0.2) is 0 Å². The van der Waals surface area contributed by atoms with E-state index < -0.39 is 11.9 Å². The van der Waals surface area contributed by atoms with Crippen LogP contribution in [0.4, 0.5) is 0 Å². The summed E-state index contributed by atoms with van der Waals surface area (Å²) in [5, 5.41) is 8.46. The SMILES string of the molecule is O=C(O)C1CC(=O)N(P)C1. The van der Waals surface area contributed by atoms with Crippen LogP contribution in [0.3, 0.4) is 0 Å². The lowest BCUT2D eigenvalue weighted by atomic mass is 10.1. The Kier molecular flexibility index (Phi) is 1.90. The number of amides is 1. The topological polar surface area (TPSA) is 57.6 Å². The first-order chi connectivity index (χ1) is 4.61. The lowest BCUT2D eigenvalue weighted by molar-refractivity contribution is -0.141. The van der Waals surface area contributed by atoms with Crippen LogP contribution in [0.2, 0.25) is 0 Å². The van der Waals surface area contributed by atoms with E-state index in [-0.39, 0.29) is 12.3 Å². The number of hydrogen-bond donors (Lipinski definition) is 1. The molecular formula is C5H8NO3P. The minimum Gasteiger partial charge on any atom is -0.481 e. The average Bonchev–Trinajstić information content (AvgIpc) is 2.13. The Hall–Kier alpha value is -0.630. The highest BCUT2D eigenvalue weighted by Crippen LogP contribution is 2.20. The molecule has 0 spiro atoms. The predicted octanol–water partition coefficient (Wildman–Crippen LogP) is -0.290. The zero-order valence-electron chi connectivity index (χ0n) is 5.28. The second-order valence-electron chi connectivity index (χ2n) is 2.29. The van der Waals surface area contributed by atoms with Gasteiger partial charge in [0.2, 0.25) is 5.91 Å². The molecule has 0 bridgehead atoms. The van der Waals surface area contributed by atoms with Gasteiger partial charge < -0.3 is 9.78 Å². The molecule has 0 aromatic rings. The van der Waals surface area contributed by atoms with Crippen LogP contribution in [0.5, 0.6) is 0 Å². The first-order valence-corrected chi connectivity index (χ1v) is 3.41. The van der Waals surface area contributed by atoms with E-state index in [9.17, 15) is 9.59 Å². The molecule has 0 aromatic heterocycles. The molecular weight excluding hydrogens is 153 g/mol. The molecule has 1 aliphatic rings. The van der Waals surface area contributed by atoms with E-state index in [4.69, 9.17) is 5.11 Å². The normalized spacial score (nSPS) is 25.5. The molecule has 1 saturated heterocycles. The van der Waals surface area contributed by atoms with Gasteiger partial charge in [0.25, 0.3) is 0 Å². The summed E-state index contributed by atoms with van der Waals surface area (Å²) in [5.41, 5.74) is 0. The van der Waals surface area contributed by atoms with E-state index in [1.165, 1.54) is 4.67 Å². The van der Waals surface area contributed by atoms with Crippen molar-refractivity contribution in [1.29, 1.82) is 0 Å². The fraction of sp³-hybridized carbons (Fsp3) is 0.600. The van der Waals surface area contributed by atoms with Crippen LogP contribution in [0.15, 0.2) is 0 Å². The fourth-order valence-corrected chi connectivity index (χ4v) is 1.26. The molecule has 4 nitrogen and oxygen atoms in total. The van der Waals surface area contributed by atoms with Crippen LogP contribution >= 0.6 is 9.39 Å². The van der Waals surface area contributed by atoms with Crippen LogP contribution in [0.1, 0.15) is 6.42 Å². The summed E-state index contributed by atoms with van der Waals surface area (Å²) >= 11 is 0. The highest BCUT2D eigenvalue weighted by molar-refractivity contribution is 7.14. The molecule has 1 fully saturated rings. The summed E-state index contributed by atoms with van der Waals surface area (Å²) in [6, 6.07) is 0. The number of rotatable bonds is 1. The molecule has 0 aromatic carbocycles. The lowest BCUT2D eigenvalue weighted by Gasteiger charge is -2.05. The average molecular weight is 161 g/mol. The maximum Gasteiger partial charge on any atom is 0.308 e. The standard InChI is InChI=1S/C5H8NO3P/c7-4-1-3(5(8)9)2-6(4)10/h3H,1-2,10H2,(H,8,9). The third-order valence-corrected chi connectivity index (χ3v) is 2.01. The molecule has 1 amide bonds. The zero-order chi connectivity index (χ0) is 7.72. The molecule has 1 rings (SSSR count). The van der Waals surface area contributed by atoms with E-state index >= 15 is 0 Å². The highest BCUT2D eigenvalue weighted by Gasteiger charge is 2.31. The molecule has 2 atom stereocenters. The van der Waals surface area contributed by atoms with Crippen LogP contribution in [-0.2, 0) is 9.59 Å². The van der Waals surface area contributed by atoms with Crippen LogP contribution in [0, 0.1) is 5.92 Å². The van der Waals surface area contributed by atoms with E-state index in [2.05, 4.69) is 9.39 Å². The van der Waals surface area contributed by atoms with Crippen molar-refractivity contribution in [2.24, 2.45) is 5.92 Å². The number of carboxylic acid groups (broad SMARTS) is 1. The van der Waals surface area contributed by atoms with Crippen molar-refractivity contribution in [3.8, 4) is 0 Å². The predicted molar refractivity (Wildman–Crippen MR) is 37.2 cm³/mol. The minimum absolute atomic E-state index is 0.114. The minimum atomic E-state index is -0.890. The number of hydrogen-bond acceptors (Lipinski definition) is 2. The van der Waals surface area contributed by atoms with Crippen molar-refractivity contribution in [1.82, 2.24) is 4.67 Å². The maximum atomic E-state index is 10.7. The molecule has 1 heterocycles. The molecule has 1 aliphatic heterocycles. The van der Waals surface area contributed by atoms with E-state index in [0.29, 0.717) is 6.54 Å². The summed E-state index contributed by atoms with van der Waals surface area (Å²) < 4.78 is 1.36. The Morgan fingerprint density at radius 2 is 2.40 bits per heavy atom. The van der Waals surface area contributed by atoms with E-state index in [1.807, 2.05) is 0 Å². The number of carbonyl (C=O) groups excluding carboxylic acids is 1. The first kappa shape index (κ1) is 7.48. The van der Waals surface area contributed by atoms with Crippen molar-refractivity contribution in [3.05, 3.63) is 0 Å². The maximum absolute atomic E-state index is 10.7. The summed E-state index contributed by atoms with van der Waals surface area (Å²) in [5.74, 6) is -1.51. The smallest absolute Gasteiger partial charge is 0.308 e. The second-order valence-corrected chi connectivity index (χ2v) is 2.91. The first-order valence-electron chi connectivity index (χ1n) is 2.89. The summed E-state index contributed by atoms with van der Waals surface area (Å²) in [6.07, 6.45) is 0.138. The highest BCUT2D eigenvalue weighted by atomic mass is 31.0. The van der Waals surface area contributed by atoms with Gasteiger partial charge in [-0.15, -0.1) is 0 Å². The van der Waals surface area contributed by atoms with E-state index in [1.54, 1.807) is 0 Å². The fourth-order valence-electron chi connectivity index (χ4n) is 0.897. The molecule has 0 aliphatic carbocycles. The van der Waals surface area contributed by atoms with Gasteiger partial charge in [0.1, 0.15) is 0 Å². The van der Waals surface area contributed by atoms with Gasteiger partial charge in [0.15, 0.2) is 0 Å². The third-order valence-electron chi connectivity index (χ3n) is 1.51. The van der Waals surface area contributed by atoms with Gasteiger partial charge in [0.05, 0.1) is 5.92 Å². The molecule has 10 heavy (non-hydrogen) atoms. The van der Waals surface area contributed by atoms with Gasteiger partial charge in [-0.1, -0.05) is 0 Å². The van der Waals surface area contributed by atoms with Crippen molar-refractivity contribution >= 4 is 21.3 Å². The van der Waals surface area contributed by atoms with Crippen molar-refractivity contribution in [2.75, 3.05) is 6.54 Å². The van der Waals surface area contributed by atoms with Gasteiger partial charge >= 0.3 is 5.97 Å². The number of carboxylic acids is 1. The Bertz CT molecular complexity index is 182. The Labute approximate surface area is 60.5 Å². The van der Waals surface area contributed by atoms with Gasteiger partial charge in [-0.3, -0.25) is 9.59 Å². The summed E-state index contributed by atoms with van der Waals surface area (Å²) in [4.78, 5) is 21.0. The number of nitrogens with zero attached hydrogens (tertiary/aromatic N) is 1. The Balaban J connectivity index is 2.57. The molecule has 5 heteroatoms. The zero-order valence-corrected chi connectivity index (χ0v) is 6.43. The Morgan fingerprint density at radius 3 is 2.60 bits per heavy atom. The number of carbonyl (C=O) groups is 2. The van der Waals surface area contributed by atoms with Crippen LogP contribution in [0.25, 0.3) is 0 Å². The second kappa shape index (κ2) is 2.54. The van der Waals surface area contributed by atoms with Gasteiger partial charge in [0, 0.05) is 13.0 Å². The van der Waals surface area contributed by atoms with Crippen LogP contribution < -0.4 is 0 Å². The number of aliphatic carboxylic acids is 1. The molecule has 56 valence electrons. The third kappa shape index (κ3) is 1.27. The molecule has 2 unspecified atom stereocenters. The molecule has 0 radical (unpaired) electrons. The lowest BCUT2D eigenvalue weighted by Crippen LogP contribution is -2.16.